The summed E-state index contributed by atoms with van der Waals surface area (Å²) < 4.78 is 5.96. The van der Waals surface area contributed by atoms with Crippen LogP contribution in [-0.2, 0) is 4.79 Å². The summed E-state index contributed by atoms with van der Waals surface area (Å²) >= 11 is 0. The van der Waals surface area contributed by atoms with Gasteiger partial charge in [-0.1, -0.05) is 18.2 Å². The summed E-state index contributed by atoms with van der Waals surface area (Å²) in [6, 6.07) is 13.8. The van der Waals surface area contributed by atoms with E-state index in [-0.39, 0.29) is 11.3 Å². The van der Waals surface area contributed by atoms with Gasteiger partial charge in [-0.05, 0) is 98.4 Å². The predicted octanol–water partition coefficient (Wildman–Crippen LogP) is 6.35. The van der Waals surface area contributed by atoms with Crippen molar-refractivity contribution < 1.29 is 9.21 Å². The quantitative estimate of drug-likeness (QED) is 0.555. The van der Waals surface area contributed by atoms with E-state index in [0.29, 0.717) is 12.3 Å². The van der Waals surface area contributed by atoms with Crippen LogP contribution in [0.4, 0.5) is 5.69 Å². The van der Waals surface area contributed by atoms with Crippen LogP contribution in [-0.4, -0.2) is 10.9 Å². The fourth-order valence-electron chi connectivity index (χ4n) is 7.03. The minimum absolute atomic E-state index is 0.162. The number of aromatic nitrogens is 1. The van der Waals surface area contributed by atoms with E-state index in [2.05, 4.69) is 10.3 Å². The van der Waals surface area contributed by atoms with Crippen LogP contribution in [0.3, 0.4) is 0 Å². The highest BCUT2D eigenvalue weighted by atomic mass is 16.3. The van der Waals surface area contributed by atoms with Crippen LogP contribution in [0, 0.1) is 30.1 Å². The smallest absolute Gasteiger partial charge is 0.227 e. The van der Waals surface area contributed by atoms with E-state index in [1.807, 2.05) is 49.4 Å². The number of oxazole rings is 1. The van der Waals surface area contributed by atoms with Gasteiger partial charge in [0.25, 0.3) is 0 Å². The maximum absolute atomic E-state index is 13.1. The Hall–Kier alpha value is -2.62. The zero-order valence-corrected chi connectivity index (χ0v) is 17.5. The van der Waals surface area contributed by atoms with Crippen molar-refractivity contribution in [3.05, 3.63) is 48.0 Å². The molecule has 7 rings (SSSR count). The van der Waals surface area contributed by atoms with Crippen molar-refractivity contribution in [2.75, 3.05) is 5.32 Å². The van der Waals surface area contributed by atoms with E-state index in [1.54, 1.807) is 0 Å². The predicted molar refractivity (Wildman–Crippen MR) is 118 cm³/mol. The van der Waals surface area contributed by atoms with Gasteiger partial charge in [-0.3, -0.25) is 4.79 Å². The van der Waals surface area contributed by atoms with Gasteiger partial charge in [-0.15, -0.1) is 0 Å². The van der Waals surface area contributed by atoms with Crippen molar-refractivity contribution in [1.29, 1.82) is 0 Å². The number of fused-ring (bicyclic) bond motifs is 1. The number of carbonyl (C=O) groups is 1. The number of hydrogen-bond donors (Lipinski definition) is 1. The van der Waals surface area contributed by atoms with Crippen LogP contribution in [0.25, 0.3) is 22.6 Å². The van der Waals surface area contributed by atoms with Gasteiger partial charge < -0.3 is 9.73 Å². The zero-order valence-electron chi connectivity index (χ0n) is 17.5. The van der Waals surface area contributed by atoms with Gasteiger partial charge in [0.2, 0.25) is 11.8 Å². The number of amides is 1. The van der Waals surface area contributed by atoms with Gasteiger partial charge in [0.1, 0.15) is 5.52 Å². The highest BCUT2D eigenvalue weighted by molar-refractivity contribution is 5.93. The summed E-state index contributed by atoms with van der Waals surface area (Å²) in [6.07, 6.45) is 8.67. The first-order valence-corrected chi connectivity index (χ1v) is 11.3. The molecule has 1 aromatic heterocycles. The van der Waals surface area contributed by atoms with E-state index >= 15 is 0 Å². The molecule has 0 aliphatic heterocycles. The van der Waals surface area contributed by atoms with E-state index in [9.17, 15) is 4.79 Å². The maximum atomic E-state index is 13.1. The summed E-state index contributed by atoms with van der Waals surface area (Å²) in [7, 11) is 0. The standard InChI is InChI=1S/C26H28N2O2/c1-16-20(25-28-22-6-2-3-8-23(22)30-25)5-4-7-21(16)27-24(29)15-26-12-17-9-18(13-26)11-19(10-17)14-26/h2-8,17-19H,9-15H2,1H3,(H,27,29). The van der Waals surface area contributed by atoms with Crippen LogP contribution in [0.15, 0.2) is 46.9 Å². The zero-order chi connectivity index (χ0) is 20.3. The van der Waals surface area contributed by atoms with Gasteiger partial charge in [0.05, 0.1) is 0 Å². The second kappa shape index (κ2) is 6.69. The number of anilines is 1. The Morgan fingerprint density at radius 1 is 1.03 bits per heavy atom. The number of hydrogen-bond acceptors (Lipinski definition) is 3. The summed E-state index contributed by atoms with van der Waals surface area (Å²) in [5.74, 6) is 3.37. The summed E-state index contributed by atoms with van der Waals surface area (Å²) in [4.78, 5) is 17.7. The van der Waals surface area contributed by atoms with Crippen molar-refractivity contribution in [3.8, 4) is 11.5 Å². The number of nitrogens with zero attached hydrogens (tertiary/aromatic N) is 1. The molecule has 154 valence electrons. The molecule has 0 unspecified atom stereocenters. The van der Waals surface area contributed by atoms with Gasteiger partial charge in [-0.2, -0.15) is 0 Å². The lowest BCUT2D eigenvalue weighted by atomic mass is 9.49. The SMILES string of the molecule is Cc1c(NC(=O)CC23CC4CC(CC(C4)C2)C3)cccc1-c1nc2ccccc2o1. The molecule has 4 fully saturated rings. The summed E-state index contributed by atoms with van der Waals surface area (Å²) in [5, 5.41) is 3.22. The Balaban J connectivity index is 1.23. The number of carbonyl (C=O) groups excluding carboxylic acids is 1. The number of rotatable bonds is 4. The molecule has 0 saturated heterocycles. The third kappa shape index (κ3) is 3.05. The molecule has 1 heterocycles. The highest BCUT2D eigenvalue weighted by Crippen LogP contribution is 2.61. The average Bonchev–Trinajstić information content (AvgIpc) is 3.12. The second-order valence-corrected chi connectivity index (χ2v) is 10.1. The highest BCUT2D eigenvalue weighted by Gasteiger charge is 2.51. The third-order valence-electron chi connectivity index (χ3n) is 7.83. The van der Waals surface area contributed by atoms with E-state index in [0.717, 1.165) is 45.7 Å². The Labute approximate surface area is 177 Å². The third-order valence-corrected chi connectivity index (χ3v) is 7.83. The van der Waals surface area contributed by atoms with Crippen LogP contribution in [0.1, 0.15) is 50.5 Å². The lowest BCUT2D eigenvalue weighted by molar-refractivity contribution is -0.124. The molecule has 4 nitrogen and oxygen atoms in total. The van der Waals surface area contributed by atoms with Crippen molar-refractivity contribution in [2.45, 2.75) is 51.9 Å². The molecule has 4 heteroatoms. The maximum Gasteiger partial charge on any atom is 0.227 e. The first-order valence-electron chi connectivity index (χ1n) is 11.3. The number of para-hydroxylation sites is 2. The molecule has 4 aliphatic carbocycles. The molecule has 30 heavy (non-hydrogen) atoms. The average molecular weight is 401 g/mol. The van der Waals surface area contributed by atoms with E-state index < -0.39 is 0 Å². The largest absolute Gasteiger partial charge is 0.436 e. The Morgan fingerprint density at radius 3 is 2.43 bits per heavy atom. The molecule has 2 aromatic carbocycles. The normalized spacial score (nSPS) is 29.4. The van der Waals surface area contributed by atoms with Gasteiger partial charge in [0.15, 0.2) is 5.58 Å². The molecule has 4 saturated carbocycles. The van der Waals surface area contributed by atoms with Gasteiger partial charge in [-0.25, -0.2) is 4.98 Å². The Kier molecular flexibility index (Phi) is 4.06. The molecule has 0 spiro atoms. The monoisotopic (exact) mass is 400 g/mol. The van der Waals surface area contributed by atoms with Gasteiger partial charge in [0, 0.05) is 17.7 Å². The van der Waals surface area contributed by atoms with Crippen LogP contribution in [0.2, 0.25) is 0 Å². The molecule has 3 aromatic rings. The fourth-order valence-corrected chi connectivity index (χ4v) is 7.03. The van der Waals surface area contributed by atoms with Crippen LogP contribution >= 0.6 is 0 Å². The molecule has 4 bridgehead atoms. The van der Waals surface area contributed by atoms with Crippen molar-refractivity contribution >= 4 is 22.7 Å². The lowest BCUT2D eigenvalue weighted by Crippen LogP contribution is -2.47. The Morgan fingerprint density at radius 2 is 1.73 bits per heavy atom. The van der Waals surface area contributed by atoms with Crippen LogP contribution < -0.4 is 5.32 Å². The molecular weight excluding hydrogens is 372 g/mol. The van der Waals surface area contributed by atoms with Crippen molar-refractivity contribution in [3.63, 3.8) is 0 Å². The lowest BCUT2D eigenvalue weighted by Gasteiger charge is -2.56. The fraction of sp³-hybridized carbons (Fsp3) is 0.462. The van der Waals surface area contributed by atoms with Crippen molar-refractivity contribution in [2.24, 2.45) is 23.2 Å². The Bertz CT molecular complexity index is 1060. The van der Waals surface area contributed by atoms with Crippen LogP contribution in [0.5, 0.6) is 0 Å². The van der Waals surface area contributed by atoms with Crippen molar-refractivity contribution in [1.82, 2.24) is 4.98 Å². The molecule has 1 N–H and O–H groups in total. The molecule has 4 aliphatic rings. The minimum Gasteiger partial charge on any atom is -0.436 e. The molecule has 0 atom stereocenters. The molecule has 0 radical (unpaired) electrons. The topological polar surface area (TPSA) is 55.1 Å². The second-order valence-electron chi connectivity index (χ2n) is 10.1. The number of nitrogens with one attached hydrogen (secondary N) is 1. The van der Waals surface area contributed by atoms with E-state index in [1.165, 1.54) is 38.5 Å². The minimum atomic E-state index is 0.162. The summed E-state index contributed by atoms with van der Waals surface area (Å²) in [6.45, 7) is 2.03. The van der Waals surface area contributed by atoms with Gasteiger partial charge >= 0.3 is 0 Å². The number of benzene rings is 2. The van der Waals surface area contributed by atoms with E-state index in [4.69, 9.17) is 4.42 Å². The summed E-state index contributed by atoms with van der Waals surface area (Å²) in [5.41, 5.74) is 4.68. The molecular formula is C26H28N2O2. The molecule has 1 amide bonds. The first kappa shape index (κ1) is 18.2. The first-order chi connectivity index (χ1) is 14.6.